The minimum absolute atomic E-state index is 0. The number of hydrogen-bond acceptors (Lipinski definition) is 7. The number of quaternary nitrogens is 1. The van der Waals surface area contributed by atoms with Crippen LogP contribution in [0.2, 0.25) is 0 Å². The van der Waals surface area contributed by atoms with Crippen molar-refractivity contribution in [2.45, 2.75) is 9.79 Å². The van der Waals surface area contributed by atoms with E-state index in [4.69, 9.17) is 19.7 Å². The van der Waals surface area contributed by atoms with Crippen LogP contribution < -0.4 is 12.4 Å². The molecule has 2 aliphatic rings. The standard InChI is InChI=1S/C25H34N3O4S.ClH/c29-15-19-31-17-13-28(14-18-32-20-16-30)11-9-27(10-12-28)25-21-5-1-3-7-23(21)33-24-8-4-2-6-22(24)26-25;/h1-8,29-30H,9-20H2;1H/q+1;/p-1/i9D2,10D2,11D2,12D2;. The minimum Gasteiger partial charge on any atom is -1.00 e. The van der Waals surface area contributed by atoms with Gasteiger partial charge in [0.25, 0.3) is 0 Å². The largest absolute Gasteiger partial charge is 1.00 e. The number of aliphatic hydroxyl groups excluding tert-OH is 2. The number of halogens is 1. The Morgan fingerprint density at radius 1 is 0.882 bits per heavy atom. The molecular weight excluding hydrogens is 474 g/mol. The zero-order valence-electron chi connectivity index (χ0n) is 26.6. The van der Waals surface area contributed by atoms with E-state index < -0.39 is 43.6 Å². The van der Waals surface area contributed by atoms with Crippen molar-refractivity contribution < 1.29 is 47.5 Å². The van der Waals surface area contributed by atoms with E-state index in [1.165, 1.54) is 11.8 Å². The maximum atomic E-state index is 9.21. The summed E-state index contributed by atoms with van der Waals surface area (Å²) in [6.45, 7) is -14.8. The molecule has 0 unspecified atom stereocenters. The number of nitrogens with zero attached hydrogens (tertiary/aromatic N) is 3. The van der Waals surface area contributed by atoms with Gasteiger partial charge in [0.2, 0.25) is 0 Å². The molecule has 9 heteroatoms. The van der Waals surface area contributed by atoms with Crippen molar-refractivity contribution in [3.8, 4) is 0 Å². The van der Waals surface area contributed by atoms with Gasteiger partial charge in [0.15, 0.2) is 0 Å². The summed E-state index contributed by atoms with van der Waals surface area (Å²) in [6.07, 6.45) is 0. The van der Waals surface area contributed by atoms with Gasteiger partial charge in [-0.2, -0.15) is 0 Å². The molecule has 2 heterocycles. The summed E-state index contributed by atoms with van der Waals surface area (Å²) in [4.78, 5) is 6.52. The predicted molar refractivity (Wildman–Crippen MR) is 130 cm³/mol. The first kappa shape index (κ1) is 17.7. The number of fused-ring (bicyclic) bond motifs is 2. The van der Waals surface area contributed by atoms with Crippen molar-refractivity contribution in [1.82, 2.24) is 4.90 Å². The van der Waals surface area contributed by atoms with E-state index in [9.17, 15) is 11.0 Å². The fourth-order valence-corrected chi connectivity index (χ4v) is 4.42. The van der Waals surface area contributed by atoms with Gasteiger partial charge in [0.05, 0.1) is 82.3 Å². The molecule has 186 valence electrons. The highest BCUT2D eigenvalue weighted by Gasteiger charge is 2.35. The second-order valence-electron chi connectivity index (χ2n) is 7.37. The minimum atomic E-state index is -3.15. The lowest BCUT2D eigenvalue weighted by Crippen LogP contribution is -3.00. The number of amidine groups is 1. The molecule has 0 aromatic heterocycles. The molecular formula is C25H34ClN3O4S. The van der Waals surface area contributed by atoms with Crippen molar-refractivity contribution in [1.29, 1.82) is 0 Å². The van der Waals surface area contributed by atoms with Crippen LogP contribution in [-0.4, -0.2) is 104 Å². The van der Waals surface area contributed by atoms with Crippen LogP contribution in [0, 0.1) is 0 Å². The third-order valence-corrected chi connectivity index (χ3v) is 6.25. The normalized spacial score (nSPS) is 26.1. The zero-order valence-corrected chi connectivity index (χ0v) is 20.2. The van der Waals surface area contributed by atoms with E-state index in [0.717, 1.165) is 4.90 Å². The van der Waals surface area contributed by atoms with Crippen molar-refractivity contribution in [3.63, 3.8) is 0 Å². The molecule has 34 heavy (non-hydrogen) atoms. The van der Waals surface area contributed by atoms with Gasteiger partial charge in [-0.05, 0) is 18.2 Å². The number of piperazine rings is 1. The lowest BCUT2D eigenvalue weighted by Gasteiger charge is -2.45. The smallest absolute Gasteiger partial charge is 0.138 e. The van der Waals surface area contributed by atoms with Crippen molar-refractivity contribution in [2.24, 2.45) is 4.99 Å². The molecule has 2 aromatic carbocycles. The van der Waals surface area contributed by atoms with Crippen molar-refractivity contribution >= 4 is 23.3 Å². The average molecular weight is 516 g/mol. The number of para-hydroxylation sites is 1. The van der Waals surface area contributed by atoms with Gasteiger partial charge >= 0.3 is 0 Å². The maximum absolute atomic E-state index is 9.21. The molecule has 2 aromatic rings. The topological polar surface area (TPSA) is 74.5 Å². The summed E-state index contributed by atoms with van der Waals surface area (Å²) in [5.74, 6) is -0.230. The van der Waals surface area contributed by atoms with Crippen molar-refractivity contribution in [3.05, 3.63) is 54.1 Å². The van der Waals surface area contributed by atoms with Gasteiger partial charge in [-0.25, -0.2) is 4.99 Å². The highest BCUT2D eigenvalue weighted by atomic mass is 35.5. The lowest BCUT2D eigenvalue weighted by atomic mass is 10.1. The Kier molecular flexibility index (Phi) is 7.01. The Bertz CT molecular complexity index is 1230. The van der Waals surface area contributed by atoms with Gasteiger partial charge in [0.1, 0.15) is 18.9 Å². The number of ether oxygens (including phenoxy) is 2. The Labute approximate surface area is 223 Å². The summed E-state index contributed by atoms with van der Waals surface area (Å²) in [5, 5.41) is 18.3. The molecule has 4 rings (SSSR count). The van der Waals surface area contributed by atoms with Crippen molar-refractivity contribution in [2.75, 3.05) is 78.7 Å². The SMILES string of the molecule is [2H]C1([2H])N(C2=Nc3ccccc3Sc3ccccc32)C([2H])([2H])C([2H])([2H])[N+](CCOCCO)(CCOCCO)C1([2H])[2H].[Cl-]. The Balaban J connectivity index is 0.00000484. The highest BCUT2D eigenvalue weighted by molar-refractivity contribution is 7.99. The van der Waals surface area contributed by atoms with E-state index in [1.807, 2.05) is 12.1 Å². The molecule has 1 fully saturated rings. The van der Waals surface area contributed by atoms with E-state index >= 15 is 0 Å². The van der Waals surface area contributed by atoms with E-state index in [-0.39, 0.29) is 57.9 Å². The first-order valence-electron chi connectivity index (χ1n) is 14.8. The molecule has 2 N–H and O–H groups in total. The second-order valence-corrected chi connectivity index (χ2v) is 8.45. The average Bonchev–Trinajstić information content (AvgIpc) is 3.07. The fourth-order valence-electron chi connectivity index (χ4n) is 3.40. The summed E-state index contributed by atoms with van der Waals surface area (Å²) in [5.41, 5.74) is 0.753. The molecule has 0 aliphatic carbocycles. The highest BCUT2D eigenvalue weighted by Crippen LogP contribution is 2.40. The van der Waals surface area contributed by atoms with Gasteiger partial charge in [-0.3, -0.25) is 0 Å². The third-order valence-electron chi connectivity index (χ3n) is 5.11. The second kappa shape index (κ2) is 13.4. The number of aliphatic hydroxyl groups is 2. The van der Waals surface area contributed by atoms with Gasteiger partial charge < -0.3 is 41.5 Å². The first-order valence-corrected chi connectivity index (χ1v) is 11.6. The number of aliphatic imine (C=N–C) groups is 1. The number of hydrogen-bond donors (Lipinski definition) is 2. The maximum Gasteiger partial charge on any atom is 0.138 e. The van der Waals surface area contributed by atoms with Crippen LogP contribution in [0.5, 0.6) is 0 Å². The van der Waals surface area contributed by atoms with E-state index in [2.05, 4.69) is 4.99 Å². The summed E-state index contributed by atoms with van der Waals surface area (Å²) in [6, 6.07) is 13.9. The van der Waals surface area contributed by atoms with Gasteiger partial charge in [0, 0.05) is 15.4 Å². The van der Waals surface area contributed by atoms with Crippen LogP contribution in [0.4, 0.5) is 5.69 Å². The first-order chi connectivity index (χ1) is 19.3. The summed E-state index contributed by atoms with van der Waals surface area (Å²) >= 11 is 1.35. The molecule has 0 saturated carbocycles. The molecule has 7 nitrogen and oxygen atoms in total. The van der Waals surface area contributed by atoms with Crippen LogP contribution in [0.1, 0.15) is 16.5 Å². The molecule has 0 atom stereocenters. The van der Waals surface area contributed by atoms with Crippen LogP contribution in [0.3, 0.4) is 0 Å². The number of rotatable bonds is 10. The molecule has 2 aliphatic heterocycles. The summed E-state index contributed by atoms with van der Waals surface area (Å²) in [7, 11) is 0. The number of benzene rings is 2. The van der Waals surface area contributed by atoms with Gasteiger partial charge in [-0.1, -0.05) is 42.1 Å². The molecule has 1 saturated heterocycles. The van der Waals surface area contributed by atoms with Crippen LogP contribution in [-0.2, 0) is 9.47 Å². The quantitative estimate of drug-likeness (QED) is 0.325. The van der Waals surface area contributed by atoms with Crippen LogP contribution in [0.25, 0.3) is 0 Å². The molecule has 0 amide bonds. The fraction of sp³-hybridized carbons (Fsp3) is 0.480. The van der Waals surface area contributed by atoms with E-state index in [0.29, 0.717) is 21.0 Å². The predicted octanol–water partition coefficient (Wildman–Crippen LogP) is -0.616. The third kappa shape index (κ3) is 6.73. The molecule has 0 bridgehead atoms. The Morgan fingerprint density at radius 2 is 1.47 bits per heavy atom. The Hall–Kier alpha value is -1.65. The molecule has 0 radical (unpaired) electrons. The van der Waals surface area contributed by atoms with Gasteiger partial charge in [-0.15, -0.1) is 0 Å². The van der Waals surface area contributed by atoms with Crippen LogP contribution in [0.15, 0.2) is 63.3 Å². The summed E-state index contributed by atoms with van der Waals surface area (Å²) < 4.78 is 82.9. The van der Waals surface area contributed by atoms with Crippen LogP contribution >= 0.6 is 11.8 Å². The zero-order chi connectivity index (χ0) is 30.1. The lowest BCUT2D eigenvalue weighted by molar-refractivity contribution is -0.932. The van der Waals surface area contributed by atoms with E-state index in [1.54, 1.807) is 36.4 Å². The molecule has 0 spiro atoms. The Morgan fingerprint density at radius 3 is 2.12 bits per heavy atom. The monoisotopic (exact) mass is 515 g/mol.